The number of carbonyl (C=O) groups is 1. The van der Waals surface area contributed by atoms with Gasteiger partial charge in [-0.05, 0) is 49.8 Å². The molecule has 0 bridgehead atoms. The lowest BCUT2D eigenvalue weighted by Gasteiger charge is -2.11. The van der Waals surface area contributed by atoms with Gasteiger partial charge in [-0.25, -0.2) is 0 Å². The standard InChI is InChI=1S/C16H16N2OS/c1-11-6-5-8-13(10-11)15(19)18-16(20)17-14-9-4-3-7-12(14)2/h3-10H,1-2H3,(H2,17,18,19,20). The normalized spacial score (nSPS) is 9.90. The summed E-state index contributed by atoms with van der Waals surface area (Å²) in [6.07, 6.45) is 0. The molecule has 0 aromatic heterocycles. The van der Waals surface area contributed by atoms with Crippen LogP contribution in [-0.4, -0.2) is 11.0 Å². The lowest BCUT2D eigenvalue weighted by atomic mass is 10.1. The fourth-order valence-electron chi connectivity index (χ4n) is 1.83. The molecule has 0 aliphatic rings. The minimum Gasteiger partial charge on any atom is -0.332 e. The molecule has 2 aromatic rings. The maximum atomic E-state index is 12.0. The Hall–Kier alpha value is -2.20. The van der Waals surface area contributed by atoms with Crippen molar-refractivity contribution in [2.45, 2.75) is 13.8 Å². The Kier molecular flexibility index (Phi) is 4.48. The number of aryl methyl sites for hydroxylation is 2. The third kappa shape index (κ3) is 3.65. The summed E-state index contributed by atoms with van der Waals surface area (Å²) < 4.78 is 0. The van der Waals surface area contributed by atoms with Crippen LogP contribution in [0.3, 0.4) is 0 Å². The number of anilines is 1. The van der Waals surface area contributed by atoms with Gasteiger partial charge < -0.3 is 5.32 Å². The van der Waals surface area contributed by atoms with E-state index in [1.807, 2.05) is 56.3 Å². The van der Waals surface area contributed by atoms with Gasteiger partial charge in [0.05, 0.1) is 0 Å². The van der Waals surface area contributed by atoms with Gasteiger partial charge in [0.25, 0.3) is 5.91 Å². The third-order valence-electron chi connectivity index (χ3n) is 2.90. The van der Waals surface area contributed by atoms with Crippen molar-refractivity contribution in [1.29, 1.82) is 0 Å². The van der Waals surface area contributed by atoms with Gasteiger partial charge in [0.2, 0.25) is 0 Å². The Labute approximate surface area is 124 Å². The average Bonchev–Trinajstić information content (AvgIpc) is 2.41. The molecule has 0 unspecified atom stereocenters. The molecular formula is C16H16N2OS. The summed E-state index contributed by atoms with van der Waals surface area (Å²) >= 11 is 5.16. The van der Waals surface area contributed by atoms with E-state index in [4.69, 9.17) is 12.2 Å². The van der Waals surface area contributed by atoms with Crippen LogP contribution in [0.25, 0.3) is 0 Å². The summed E-state index contributed by atoms with van der Waals surface area (Å²) in [6.45, 7) is 3.92. The Balaban J connectivity index is 2.02. The molecule has 2 aromatic carbocycles. The van der Waals surface area contributed by atoms with Crippen molar-refractivity contribution in [3.05, 3.63) is 65.2 Å². The van der Waals surface area contributed by atoms with E-state index in [0.717, 1.165) is 16.8 Å². The van der Waals surface area contributed by atoms with Crippen molar-refractivity contribution in [1.82, 2.24) is 5.32 Å². The molecule has 1 amide bonds. The zero-order chi connectivity index (χ0) is 14.5. The first-order valence-corrected chi connectivity index (χ1v) is 6.72. The molecule has 0 radical (unpaired) electrons. The van der Waals surface area contributed by atoms with E-state index >= 15 is 0 Å². The minimum atomic E-state index is -0.209. The molecule has 2 rings (SSSR count). The van der Waals surface area contributed by atoms with Crippen LogP contribution >= 0.6 is 12.2 Å². The van der Waals surface area contributed by atoms with Crippen LogP contribution in [0, 0.1) is 13.8 Å². The number of nitrogens with one attached hydrogen (secondary N) is 2. The first kappa shape index (κ1) is 14.2. The molecule has 0 saturated heterocycles. The van der Waals surface area contributed by atoms with Crippen LogP contribution in [-0.2, 0) is 0 Å². The fraction of sp³-hybridized carbons (Fsp3) is 0.125. The molecule has 0 atom stereocenters. The van der Waals surface area contributed by atoms with Crippen LogP contribution < -0.4 is 10.6 Å². The summed E-state index contributed by atoms with van der Waals surface area (Å²) in [4.78, 5) is 12.0. The van der Waals surface area contributed by atoms with Crippen molar-refractivity contribution in [3.63, 3.8) is 0 Å². The van der Waals surface area contributed by atoms with Crippen LogP contribution in [0.4, 0.5) is 5.69 Å². The second kappa shape index (κ2) is 6.30. The van der Waals surface area contributed by atoms with E-state index < -0.39 is 0 Å². The zero-order valence-corrected chi connectivity index (χ0v) is 12.3. The maximum absolute atomic E-state index is 12.0. The lowest BCUT2D eigenvalue weighted by Crippen LogP contribution is -2.34. The third-order valence-corrected chi connectivity index (χ3v) is 3.10. The van der Waals surface area contributed by atoms with E-state index in [-0.39, 0.29) is 5.91 Å². The van der Waals surface area contributed by atoms with Gasteiger partial charge in [0.1, 0.15) is 0 Å². The van der Waals surface area contributed by atoms with Gasteiger partial charge in [0, 0.05) is 11.3 Å². The summed E-state index contributed by atoms with van der Waals surface area (Å²) in [7, 11) is 0. The Bertz CT molecular complexity index is 652. The van der Waals surface area contributed by atoms with E-state index in [1.165, 1.54) is 0 Å². The highest BCUT2D eigenvalue weighted by molar-refractivity contribution is 7.80. The first-order chi connectivity index (χ1) is 9.56. The number of benzene rings is 2. The van der Waals surface area contributed by atoms with Gasteiger partial charge in [0.15, 0.2) is 5.11 Å². The molecule has 102 valence electrons. The molecule has 4 heteroatoms. The molecular weight excluding hydrogens is 268 g/mol. The van der Waals surface area contributed by atoms with Crippen LogP contribution in [0.2, 0.25) is 0 Å². The van der Waals surface area contributed by atoms with Crippen molar-refractivity contribution < 1.29 is 4.79 Å². The number of carbonyl (C=O) groups excluding carboxylic acids is 1. The Morgan fingerprint density at radius 3 is 2.50 bits per heavy atom. The highest BCUT2D eigenvalue weighted by Crippen LogP contribution is 2.12. The highest BCUT2D eigenvalue weighted by Gasteiger charge is 2.08. The molecule has 0 spiro atoms. The predicted molar refractivity (Wildman–Crippen MR) is 86.0 cm³/mol. The number of rotatable bonds is 2. The summed E-state index contributed by atoms with van der Waals surface area (Å²) in [6, 6.07) is 15.1. The Morgan fingerprint density at radius 2 is 1.80 bits per heavy atom. The fourth-order valence-corrected chi connectivity index (χ4v) is 2.03. The summed E-state index contributed by atoms with van der Waals surface area (Å²) in [5, 5.41) is 6.00. The smallest absolute Gasteiger partial charge is 0.257 e. The largest absolute Gasteiger partial charge is 0.332 e. The van der Waals surface area contributed by atoms with E-state index in [9.17, 15) is 4.79 Å². The number of hydrogen-bond donors (Lipinski definition) is 2. The number of thiocarbonyl (C=S) groups is 1. The number of hydrogen-bond acceptors (Lipinski definition) is 2. The summed E-state index contributed by atoms with van der Waals surface area (Å²) in [5.41, 5.74) is 3.59. The number of amides is 1. The van der Waals surface area contributed by atoms with Gasteiger partial charge >= 0.3 is 0 Å². The quantitative estimate of drug-likeness (QED) is 0.830. The topological polar surface area (TPSA) is 41.1 Å². The van der Waals surface area contributed by atoms with Crippen molar-refractivity contribution >= 4 is 28.9 Å². The zero-order valence-electron chi connectivity index (χ0n) is 11.4. The Morgan fingerprint density at radius 1 is 1.05 bits per heavy atom. The van der Waals surface area contributed by atoms with Gasteiger partial charge in [-0.1, -0.05) is 35.9 Å². The molecule has 2 N–H and O–H groups in total. The van der Waals surface area contributed by atoms with Crippen molar-refractivity contribution in [2.24, 2.45) is 0 Å². The van der Waals surface area contributed by atoms with E-state index in [2.05, 4.69) is 10.6 Å². The number of para-hydroxylation sites is 1. The minimum absolute atomic E-state index is 0.209. The van der Waals surface area contributed by atoms with Gasteiger partial charge in [-0.2, -0.15) is 0 Å². The van der Waals surface area contributed by atoms with Crippen molar-refractivity contribution in [3.8, 4) is 0 Å². The monoisotopic (exact) mass is 284 g/mol. The molecule has 20 heavy (non-hydrogen) atoms. The second-order valence-corrected chi connectivity index (χ2v) is 5.00. The first-order valence-electron chi connectivity index (χ1n) is 6.31. The predicted octanol–water partition coefficient (Wildman–Crippen LogP) is 3.43. The summed E-state index contributed by atoms with van der Waals surface area (Å²) in [5.74, 6) is -0.209. The van der Waals surface area contributed by atoms with Crippen LogP contribution in [0.5, 0.6) is 0 Å². The van der Waals surface area contributed by atoms with Crippen LogP contribution in [0.1, 0.15) is 21.5 Å². The molecule has 0 fully saturated rings. The highest BCUT2D eigenvalue weighted by atomic mass is 32.1. The molecule has 0 aliphatic heterocycles. The van der Waals surface area contributed by atoms with Gasteiger partial charge in [-0.15, -0.1) is 0 Å². The SMILES string of the molecule is Cc1cccc(C(=O)NC(=S)Nc2ccccc2C)c1. The van der Waals surface area contributed by atoms with E-state index in [0.29, 0.717) is 10.7 Å². The average molecular weight is 284 g/mol. The van der Waals surface area contributed by atoms with E-state index in [1.54, 1.807) is 6.07 Å². The molecule has 0 heterocycles. The molecule has 3 nitrogen and oxygen atoms in total. The van der Waals surface area contributed by atoms with Gasteiger partial charge in [-0.3, -0.25) is 10.1 Å². The van der Waals surface area contributed by atoms with Crippen molar-refractivity contribution in [2.75, 3.05) is 5.32 Å². The van der Waals surface area contributed by atoms with Crippen LogP contribution in [0.15, 0.2) is 48.5 Å². The molecule has 0 saturated carbocycles. The maximum Gasteiger partial charge on any atom is 0.257 e. The lowest BCUT2D eigenvalue weighted by molar-refractivity contribution is 0.0977. The molecule has 0 aliphatic carbocycles. The second-order valence-electron chi connectivity index (χ2n) is 4.59.